The summed E-state index contributed by atoms with van der Waals surface area (Å²) < 4.78 is 13.7. The highest BCUT2D eigenvalue weighted by atomic mass is 19.1. The molecule has 0 aromatic heterocycles. The summed E-state index contributed by atoms with van der Waals surface area (Å²) >= 11 is 0. The second-order valence-corrected chi connectivity index (χ2v) is 4.34. The maximum Gasteiger partial charge on any atom is 0.127 e. The zero-order valence-corrected chi connectivity index (χ0v) is 9.75. The van der Waals surface area contributed by atoms with Gasteiger partial charge in [-0.2, -0.15) is 0 Å². The Morgan fingerprint density at radius 2 is 2.06 bits per heavy atom. The first-order valence-corrected chi connectivity index (χ1v) is 5.98. The van der Waals surface area contributed by atoms with Crippen LogP contribution in [-0.4, -0.2) is 31.1 Å². The van der Waals surface area contributed by atoms with Crippen molar-refractivity contribution in [3.8, 4) is 0 Å². The second-order valence-electron chi connectivity index (χ2n) is 4.34. The van der Waals surface area contributed by atoms with E-state index in [1.54, 1.807) is 12.1 Å². The molecule has 3 heteroatoms. The monoisotopic (exact) mass is 222 g/mol. The van der Waals surface area contributed by atoms with Gasteiger partial charge in [-0.1, -0.05) is 18.2 Å². The van der Waals surface area contributed by atoms with Crippen molar-refractivity contribution in [1.82, 2.24) is 10.2 Å². The quantitative estimate of drug-likeness (QED) is 0.825. The number of nitrogens with zero attached hydrogens (tertiary/aromatic N) is 1. The van der Waals surface area contributed by atoms with E-state index in [4.69, 9.17) is 0 Å². The maximum absolute atomic E-state index is 13.7. The average molecular weight is 222 g/mol. The highest BCUT2D eigenvalue weighted by Gasteiger charge is 2.19. The van der Waals surface area contributed by atoms with Gasteiger partial charge < -0.3 is 5.32 Å². The van der Waals surface area contributed by atoms with Gasteiger partial charge >= 0.3 is 0 Å². The topological polar surface area (TPSA) is 15.3 Å². The van der Waals surface area contributed by atoms with Crippen LogP contribution in [0, 0.1) is 5.82 Å². The Bertz CT molecular complexity index is 332. The number of benzene rings is 1. The fourth-order valence-corrected chi connectivity index (χ4v) is 2.26. The van der Waals surface area contributed by atoms with Gasteiger partial charge in [0.15, 0.2) is 0 Å². The molecule has 0 saturated carbocycles. The minimum atomic E-state index is -0.0905. The Morgan fingerprint density at radius 3 is 2.88 bits per heavy atom. The third-order valence-electron chi connectivity index (χ3n) is 3.28. The standard InChI is InChI=1S/C13H19FN2/c1-11(12-5-2-3-6-13(12)14)16-9-4-7-15-8-10-16/h2-3,5-6,11,15H,4,7-10H2,1H3. The van der Waals surface area contributed by atoms with Crippen LogP contribution in [0.3, 0.4) is 0 Å². The average Bonchev–Trinajstić information content (AvgIpc) is 2.57. The summed E-state index contributed by atoms with van der Waals surface area (Å²) in [6, 6.07) is 7.25. The van der Waals surface area contributed by atoms with Crippen LogP contribution in [0.4, 0.5) is 4.39 Å². The first kappa shape index (κ1) is 11.6. The van der Waals surface area contributed by atoms with Crippen molar-refractivity contribution in [2.75, 3.05) is 26.2 Å². The van der Waals surface area contributed by atoms with Gasteiger partial charge in [0.2, 0.25) is 0 Å². The Kier molecular flexibility index (Phi) is 3.91. The minimum absolute atomic E-state index is 0.0905. The van der Waals surface area contributed by atoms with E-state index in [-0.39, 0.29) is 11.9 Å². The molecule has 0 bridgehead atoms. The smallest absolute Gasteiger partial charge is 0.127 e. The van der Waals surface area contributed by atoms with Crippen molar-refractivity contribution in [2.45, 2.75) is 19.4 Å². The van der Waals surface area contributed by atoms with Gasteiger partial charge in [-0.3, -0.25) is 4.90 Å². The molecule has 1 saturated heterocycles. The molecule has 1 aliphatic heterocycles. The Morgan fingerprint density at radius 1 is 1.25 bits per heavy atom. The largest absolute Gasteiger partial charge is 0.315 e. The van der Waals surface area contributed by atoms with E-state index in [1.165, 1.54) is 0 Å². The summed E-state index contributed by atoms with van der Waals surface area (Å²) in [5.74, 6) is -0.0905. The van der Waals surface area contributed by atoms with Crippen LogP contribution in [-0.2, 0) is 0 Å². The van der Waals surface area contributed by atoms with Crippen LogP contribution in [0.5, 0.6) is 0 Å². The summed E-state index contributed by atoms with van der Waals surface area (Å²) in [6.45, 7) is 6.20. The highest BCUT2D eigenvalue weighted by Crippen LogP contribution is 2.22. The fourth-order valence-electron chi connectivity index (χ4n) is 2.26. The van der Waals surface area contributed by atoms with Crippen LogP contribution in [0.15, 0.2) is 24.3 Å². The predicted octanol–water partition coefficient (Wildman–Crippen LogP) is 2.18. The molecule has 0 aliphatic carbocycles. The van der Waals surface area contributed by atoms with Crippen molar-refractivity contribution < 1.29 is 4.39 Å². The summed E-state index contributed by atoms with van der Waals surface area (Å²) in [5.41, 5.74) is 0.810. The lowest BCUT2D eigenvalue weighted by atomic mass is 10.1. The third kappa shape index (κ3) is 2.60. The highest BCUT2D eigenvalue weighted by molar-refractivity contribution is 5.20. The molecule has 16 heavy (non-hydrogen) atoms. The third-order valence-corrected chi connectivity index (χ3v) is 3.28. The zero-order valence-electron chi connectivity index (χ0n) is 9.75. The molecule has 1 atom stereocenters. The number of rotatable bonds is 2. The lowest BCUT2D eigenvalue weighted by molar-refractivity contribution is 0.221. The number of hydrogen-bond donors (Lipinski definition) is 1. The van der Waals surface area contributed by atoms with Gasteiger partial charge in [0.25, 0.3) is 0 Å². The summed E-state index contributed by atoms with van der Waals surface area (Å²) in [4.78, 5) is 2.35. The van der Waals surface area contributed by atoms with Crippen LogP contribution in [0.1, 0.15) is 24.9 Å². The molecule has 1 N–H and O–H groups in total. The van der Waals surface area contributed by atoms with Crippen LogP contribution in [0.2, 0.25) is 0 Å². The van der Waals surface area contributed by atoms with Gasteiger partial charge in [0.1, 0.15) is 5.82 Å². The molecule has 1 aromatic rings. The first-order chi connectivity index (χ1) is 7.79. The van der Waals surface area contributed by atoms with Crippen LogP contribution < -0.4 is 5.32 Å². The Hall–Kier alpha value is -0.930. The van der Waals surface area contributed by atoms with Crippen LogP contribution in [0.25, 0.3) is 0 Å². The van der Waals surface area contributed by atoms with E-state index < -0.39 is 0 Å². The second kappa shape index (κ2) is 5.41. The fraction of sp³-hybridized carbons (Fsp3) is 0.538. The summed E-state index contributed by atoms with van der Waals surface area (Å²) in [5, 5.41) is 3.36. The van der Waals surface area contributed by atoms with Crippen molar-refractivity contribution in [3.05, 3.63) is 35.6 Å². The van der Waals surface area contributed by atoms with E-state index in [1.807, 2.05) is 12.1 Å². The molecule has 1 unspecified atom stereocenters. The lowest BCUT2D eigenvalue weighted by Gasteiger charge is -2.27. The molecule has 0 amide bonds. The van der Waals surface area contributed by atoms with Crippen molar-refractivity contribution in [1.29, 1.82) is 0 Å². The summed E-state index contributed by atoms with van der Waals surface area (Å²) in [6.07, 6.45) is 1.14. The molecule has 1 aliphatic rings. The lowest BCUT2D eigenvalue weighted by Crippen LogP contribution is -2.31. The Balaban J connectivity index is 2.11. The number of hydrogen-bond acceptors (Lipinski definition) is 2. The van der Waals surface area contributed by atoms with Gasteiger partial charge in [0, 0.05) is 24.7 Å². The zero-order chi connectivity index (χ0) is 11.4. The molecule has 0 spiro atoms. The molecular weight excluding hydrogens is 203 g/mol. The van der Waals surface area contributed by atoms with Gasteiger partial charge in [-0.05, 0) is 32.5 Å². The molecule has 0 radical (unpaired) electrons. The molecule has 2 rings (SSSR count). The van der Waals surface area contributed by atoms with E-state index in [0.717, 1.165) is 38.2 Å². The molecule has 1 heterocycles. The predicted molar refractivity (Wildman–Crippen MR) is 63.9 cm³/mol. The Labute approximate surface area is 96.5 Å². The van der Waals surface area contributed by atoms with Crippen LogP contribution >= 0.6 is 0 Å². The SMILES string of the molecule is CC(c1ccccc1F)N1CCCNCC1. The normalized spacial score (nSPS) is 20.4. The summed E-state index contributed by atoms with van der Waals surface area (Å²) in [7, 11) is 0. The van der Waals surface area contributed by atoms with E-state index >= 15 is 0 Å². The number of halogens is 1. The van der Waals surface area contributed by atoms with Gasteiger partial charge in [0.05, 0.1) is 0 Å². The van der Waals surface area contributed by atoms with Gasteiger partial charge in [-0.15, -0.1) is 0 Å². The van der Waals surface area contributed by atoms with Gasteiger partial charge in [-0.25, -0.2) is 4.39 Å². The molecule has 2 nitrogen and oxygen atoms in total. The van der Waals surface area contributed by atoms with Crippen molar-refractivity contribution in [3.63, 3.8) is 0 Å². The van der Waals surface area contributed by atoms with Crippen molar-refractivity contribution in [2.24, 2.45) is 0 Å². The molecule has 88 valence electrons. The molecular formula is C13H19FN2. The van der Waals surface area contributed by atoms with Crippen molar-refractivity contribution >= 4 is 0 Å². The maximum atomic E-state index is 13.7. The van der Waals surface area contributed by atoms with E-state index in [2.05, 4.69) is 17.1 Å². The molecule has 1 fully saturated rings. The van der Waals surface area contributed by atoms with E-state index in [0.29, 0.717) is 0 Å². The number of nitrogens with one attached hydrogen (secondary N) is 1. The molecule has 1 aromatic carbocycles. The first-order valence-electron chi connectivity index (χ1n) is 5.98. The minimum Gasteiger partial charge on any atom is -0.315 e. The van der Waals surface area contributed by atoms with E-state index in [9.17, 15) is 4.39 Å².